The topological polar surface area (TPSA) is 24.9 Å². The molecular weight excluding hydrogens is 380 g/mol. The summed E-state index contributed by atoms with van der Waals surface area (Å²) in [5.41, 5.74) is 2.63. The lowest BCUT2D eigenvalue weighted by Crippen LogP contribution is -2.45. The van der Waals surface area contributed by atoms with Gasteiger partial charge in [0.1, 0.15) is 0 Å². The molecule has 2 aromatic rings. The van der Waals surface area contributed by atoms with E-state index in [1.807, 2.05) is 6.07 Å². The van der Waals surface area contributed by atoms with Gasteiger partial charge in [0.2, 0.25) is 0 Å². The minimum atomic E-state index is 0.783. The number of rotatable bonds is 6. The monoisotopic (exact) mass is 404 g/mol. The Bertz CT molecular complexity index is 683. The third-order valence-electron chi connectivity index (χ3n) is 4.64. The van der Waals surface area contributed by atoms with Crippen molar-refractivity contribution >= 4 is 15.9 Å². The largest absolute Gasteiger partial charge is 0.493 e. The molecule has 0 amide bonds. The summed E-state index contributed by atoms with van der Waals surface area (Å²) in [5.74, 6) is 1.58. The van der Waals surface area contributed by atoms with Gasteiger partial charge in [-0.3, -0.25) is 9.80 Å². The van der Waals surface area contributed by atoms with Crippen molar-refractivity contribution in [3.8, 4) is 11.5 Å². The third kappa shape index (κ3) is 4.97. The van der Waals surface area contributed by atoms with Crippen LogP contribution in [0.1, 0.15) is 11.1 Å². The molecule has 0 unspecified atom stereocenters. The van der Waals surface area contributed by atoms with E-state index in [9.17, 15) is 0 Å². The Morgan fingerprint density at radius 3 is 1.84 bits per heavy atom. The molecule has 0 spiro atoms. The SMILES string of the molecule is COc1ccc(CN2CCN(Cc3ccc(Br)cc3)CC2)cc1OC. The van der Waals surface area contributed by atoms with Crippen LogP contribution >= 0.6 is 15.9 Å². The normalized spacial score (nSPS) is 16.0. The minimum Gasteiger partial charge on any atom is -0.493 e. The van der Waals surface area contributed by atoms with Gasteiger partial charge in [0, 0.05) is 43.7 Å². The molecular formula is C20H25BrN2O2. The lowest BCUT2D eigenvalue weighted by Gasteiger charge is -2.34. The highest BCUT2D eigenvalue weighted by Gasteiger charge is 2.17. The second-order valence-corrected chi connectivity index (χ2v) is 7.28. The minimum absolute atomic E-state index is 0.783. The van der Waals surface area contributed by atoms with Gasteiger partial charge in [-0.05, 0) is 35.4 Å². The summed E-state index contributed by atoms with van der Waals surface area (Å²) in [6.45, 7) is 6.35. The Morgan fingerprint density at radius 1 is 0.760 bits per heavy atom. The van der Waals surface area contributed by atoms with Gasteiger partial charge in [0.15, 0.2) is 11.5 Å². The summed E-state index contributed by atoms with van der Waals surface area (Å²) in [4.78, 5) is 5.02. The second-order valence-electron chi connectivity index (χ2n) is 6.37. The van der Waals surface area contributed by atoms with Crippen molar-refractivity contribution < 1.29 is 9.47 Å². The van der Waals surface area contributed by atoms with Crippen LogP contribution in [0.2, 0.25) is 0 Å². The highest BCUT2D eigenvalue weighted by atomic mass is 79.9. The van der Waals surface area contributed by atoms with Crippen molar-refractivity contribution in [3.63, 3.8) is 0 Å². The molecule has 1 fully saturated rings. The van der Waals surface area contributed by atoms with Crippen LogP contribution < -0.4 is 9.47 Å². The van der Waals surface area contributed by atoms with E-state index < -0.39 is 0 Å². The summed E-state index contributed by atoms with van der Waals surface area (Å²) < 4.78 is 11.8. The summed E-state index contributed by atoms with van der Waals surface area (Å²) in [6, 6.07) is 14.8. The Hall–Kier alpha value is -1.56. The molecule has 0 radical (unpaired) electrons. The van der Waals surface area contributed by atoms with Crippen LogP contribution in [0.5, 0.6) is 11.5 Å². The average molecular weight is 405 g/mol. The number of hydrogen-bond acceptors (Lipinski definition) is 4. The molecule has 1 heterocycles. The summed E-state index contributed by atoms with van der Waals surface area (Å²) >= 11 is 3.49. The summed E-state index contributed by atoms with van der Waals surface area (Å²) in [7, 11) is 3.35. The van der Waals surface area contributed by atoms with Gasteiger partial charge >= 0.3 is 0 Å². The first-order valence-electron chi connectivity index (χ1n) is 8.58. The molecule has 3 rings (SSSR count). The average Bonchev–Trinajstić information content (AvgIpc) is 2.65. The molecule has 5 heteroatoms. The summed E-state index contributed by atoms with van der Waals surface area (Å²) in [6.07, 6.45) is 0. The molecule has 25 heavy (non-hydrogen) atoms. The van der Waals surface area contributed by atoms with Gasteiger partial charge in [0.05, 0.1) is 14.2 Å². The molecule has 0 aromatic heterocycles. The Morgan fingerprint density at radius 2 is 1.28 bits per heavy atom. The fourth-order valence-corrected chi connectivity index (χ4v) is 3.46. The molecule has 0 atom stereocenters. The van der Waals surface area contributed by atoms with Crippen molar-refractivity contribution in [2.24, 2.45) is 0 Å². The van der Waals surface area contributed by atoms with E-state index in [1.54, 1.807) is 14.2 Å². The van der Waals surface area contributed by atoms with E-state index >= 15 is 0 Å². The first-order chi connectivity index (χ1) is 12.2. The van der Waals surface area contributed by atoms with Crippen molar-refractivity contribution in [2.45, 2.75) is 13.1 Å². The standard InChI is InChI=1S/C20H25BrN2O2/c1-24-19-8-5-17(13-20(19)25-2)15-23-11-9-22(10-12-23)14-16-3-6-18(21)7-4-16/h3-8,13H,9-12,14-15H2,1-2H3. The van der Waals surface area contributed by atoms with E-state index in [2.05, 4.69) is 62.1 Å². The second kappa shape index (κ2) is 8.70. The quantitative estimate of drug-likeness (QED) is 0.730. The molecule has 134 valence electrons. The third-order valence-corrected chi connectivity index (χ3v) is 5.17. The predicted molar refractivity (Wildman–Crippen MR) is 104 cm³/mol. The van der Waals surface area contributed by atoms with Gasteiger partial charge in [-0.25, -0.2) is 0 Å². The van der Waals surface area contributed by atoms with Crippen LogP contribution in [-0.4, -0.2) is 50.2 Å². The molecule has 0 bridgehead atoms. The molecule has 0 aliphatic carbocycles. The van der Waals surface area contributed by atoms with Gasteiger partial charge < -0.3 is 9.47 Å². The zero-order valence-electron chi connectivity index (χ0n) is 14.9. The van der Waals surface area contributed by atoms with Gasteiger partial charge in [-0.15, -0.1) is 0 Å². The van der Waals surface area contributed by atoms with Crippen LogP contribution in [0.25, 0.3) is 0 Å². The lowest BCUT2D eigenvalue weighted by molar-refractivity contribution is 0.122. The van der Waals surface area contributed by atoms with Crippen molar-refractivity contribution in [3.05, 3.63) is 58.1 Å². The van der Waals surface area contributed by atoms with E-state index in [4.69, 9.17) is 9.47 Å². The van der Waals surface area contributed by atoms with Crippen LogP contribution in [0.3, 0.4) is 0 Å². The Balaban J connectivity index is 1.51. The zero-order chi connectivity index (χ0) is 17.6. The highest BCUT2D eigenvalue weighted by molar-refractivity contribution is 9.10. The fourth-order valence-electron chi connectivity index (χ4n) is 3.19. The number of benzene rings is 2. The molecule has 4 nitrogen and oxygen atoms in total. The number of nitrogens with zero attached hydrogens (tertiary/aromatic N) is 2. The maximum absolute atomic E-state index is 5.40. The number of halogens is 1. The molecule has 1 aliphatic heterocycles. The number of methoxy groups -OCH3 is 2. The van der Waals surface area contributed by atoms with Gasteiger partial charge in [-0.1, -0.05) is 34.1 Å². The van der Waals surface area contributed by atoms with Crippen molar-refractivity contribution in [1.29, 1.82) is 0 Å². The van der Waals surface area contributed by atoms with E-state index in [0.29, 0.717) is 0 Å². The molecule has 2 aromatic carbocycles. The zero-order valence-corrected chi connectivity index (χ0v) is 16.5. The predicted octanol–water partition coefficient (Wildman–Crippen LogP) is 3.78. The fraction of sp³-hybridized carbons (Fsp3) is 0.400. The highest BCUT2D eigenvalue weighted by Crippen LogP contribution is 2.28. The van der Waals surface area contributed by atoms with Crippen LogP contribution in [0.4, 0.5) is 0 Å². The first-order valence-corrected chi connectivity index (χ1v) is 9.37. The number of ether oxygens (including phenoxy) is 2. The number of hydrogen-bond donors (Lipinski definition) is 0. The lowest BCUT2D eigenvalue weighted by atomic mass is 10.1. The van der Waals surface area contributed by atoms with Crippen LogP contribution in [0.15, 0.2) is 46.9 Å². The Labute approximate surface area is 158 Å². The van der Waals surface area contributed by atoms with E-state index in [0.717, 1.165) is 55.2 Å². The molecule has 1 saturated heterocycles. The number of piperazine rings is 1. The molecule has 1 aliphatic rings. The molecule has 0 saturated carbocycles. The van der Waals surface area contributed by atoms with Crippen LogP contribution in [-0.2, 0) is 13.1 Å². The van der Waals surface area contributed by atoms with Gasteiger partial charge in [-0.2, -0.15) is 0 Å². The molecule has 0 N–H and O–H groups in total. The maximum Gasteiger partial charge on any atom is 0.161 e. The van der Waals surface area contributed by atoms with Crippen LogP contribution in [0, 0.1) is 0 Å². The van der Waals surface area contributed by atoms with Gasteiger partial charge in [0.25, 0.3) is 0 Å². The summed E-state index contributed by atoms with van der Waals surface area (Å²) in [5, 5.41) is 0. The smallest absolute Gasteiger partial charge is 0.161 e. The van der Waals surface area contributed by atoms with E-state index in [-0.39, 0.29) is 0 Å². The van der Waals surface area contributed by atoms with Crippen molar-refractivity contribution in [2.75, 3.05) is 40.4 Å². The maximum atomic E-state index is 5.40. The van der Waals surface area contributed by atoms with Crippen molar-refractivity contribution in [1.82, 2.24) is 9.80 Å². The Kier molecular flexibility index (Phi) is 6.34. The van der Waals surface area contributed by atoms with E-state index in [1.165, 1.54) is 11.1 Å². The first kappa shape index (κ1) is 18.2.